The quantitative estimate of drug-likeness (QED) is 0.682. The van der Waals surface area contributed by atoms with Gasteiger partial charge in [-0.15, -0.1) is 0 Å². The Morgan fingerprint density at radius 3 is 2.34 bits per heavy atom. The van der Waals surface area contributed by atoms with Crippen LogP contribution in [0.4, 0.5) is 10.5 Å². The maximum absolute atomic E-state index is 13.4. The first-order valence-electron chi connectivity index (χ1n) is 9.43. The van der Waals surface area contributed by atoms with E-state index in [1.165, 1.54) is 0 Å². The number of nitrogens with zero attached hydrogens (tertiary/aromatic N) is 2. The molecule has 6 heteroatoms. The van der Waals surface area contributed by atoms with E-state index in [0.717, 1.165) is 11.1 Å². The Balaban J connectivity index is 1.64. The van der Waals surface area contributed by atoms with Crippen LogP contribution in [0.1, 0.15) is 21.5 Å². The number of anilines is 1. The van der Waals surface area contributed by atoms with Gasteiger partial charge in [-0.25, -0.2) is 4.79 Å². The molecule has 2 heterocycles. The van der Waals surface area contributed by atoms with Gasteiger partial charge in [0.15, 0.2) is 5.66 Å². The number of hydrogen-bond acceptors (Lipinski definition) is 2. The Hall–Kier alpha value is -3.31. The molecule has 3 aromatic rings. The lowest BCUT2D eigenvalue weighted by Gasteiger charge is -2.40. The molecular formula is C23H18ClN3O2. The highest BCUT2D eigenvalue weighted by Crippen LogP contribution is 2.49. The number of benzene rings is 3. The minimum absolute atomic E-state index is 0.0498. The summed E-state index contributed by atoms with van der Waals surface area (Å²) in [5.41, 5.74) is 2.06. The predicted molar refractivity (Wildman–Crippen MR) is 112 cm³/mol. The molecule has 2 aliphatic heterocycles. The Morgan fingerprint density at radius 1 is 0.897 bits per heavy atom. The van der Waals surface area contributed by atoms with E-state index in [1.807, 2.05) is 54.6 Å². The lowest BCUT2D eigenvalue weighted by atomic mass is 9.90. The fraction of sp³-hybridized carbons (Fsp3) is 0.130. The molecule has 29 heavy (non-hydrogen) atoms. The number of amides is 3. The van der Waals surface area contributed by atoms with E-state index < -0.39 is 5.66 Å². The topological polar surface area (TPSA) is 52.7 Å². The normalized spacial score (nSPS) is 19.8. The van der Waals surface area contributed by atoms with Gasteiger partial charge in [0.05, 0.1) is 0 Å². The van der Waals surface area contributed by atoms with Crippen LogP contribution in [0.3, 0.4) is 0 Å². The summed E-state index contributed by atoms with van der Waals surface area (Å²) in [6.45, 7) is 0.908. The molecule has 0 radical (unpaired) electrons. The van der Waals surface area contributed by atoms with Crippen molar-refractivity contribution in [1.82, 2.24) is 9.80 Å². The first-order valence-corrected chi connectivity index (χ1v) is 9.81. The number of carbonyl (C=O) groups is 2. The summed E-state index contributed by atoms with van der Waals surface area (Å²) in [6.07, 6.45) is 0. The van der Waals surface area contributed by atoms with Crippen molar-refractivity contribution >= 4 is 29.2 Å². The number of fused-ring (bicyclic) bond motifs is 3. The third-order valence-corrected chi connectivity index (χ3v) is 5.88. The maximum atomic E-state index is 13.4. The lowest BCUT2D eigenvalue weighted by Crippen LogP contribution is -2.52. The van der Waals surface area contributed by atoms with Crippen molar-refractivity contribution in [2.75, 3.05) is 18.4 Å². The molecule has 0 bridgehead atoms. The highest BCUT2D eigenvalue weighted by molar-refractivity contribution is 6.30. The zero-order valence-electron chi connectivity index (χ0n) is 15.5. The largest absolute Gasteiger partial charge is 0.324 e. The second kappa shape index (κ2) is 6.64. The molecule has 1 saturated heterocycles. The van der Waals surface area contributed by atoms with Crippen LogP contribution in [-0.2, 0) is 5.66 Å². The van der Waals surface area contributed by atoms with Crippen LogP contribution in [0.25, 0.3) is 0 Å². The molecule has 1 atom stereocenters. The monoisotopic (exact) mass is 403 g/mol. The molecule has 5 nitrogen and oxygen atoms in total. The van der Waals surface area contributed by atoms with Crippen LogP contribution in [0, 0.1) is 0 Å². The van der Waals surface area contributed by atoms with Crippen molar-refractivity contribution in [2.45, 2.75) is 5.66 Å². The number of rotatable bonds is 2. The molecule has 1 unspecified atom stereocenters. The molecule has 0 spiro atoms. The van der Waals surface area contributed by atoms with Gasteiger partial charge in [-0.3, -0.25) is 9.69 Å². The summed E-state index contributed by atoms with van der Waals surface area (Å²) in [6, 6.07) is 24.0. The van der Waals surface area contributed by atoms with Crippen LogP contribution in [0.2, 0.25) is 5.02 Å². The number of urea groups is 1. The zero-order chi connectivity index (χ0) is 20.0. The Labute approximate surface area is 173 Å². The minimum atomic E-state index is -0.953. The van der Waals surface area contributed by atoms with Gasteiger partial charge < -0.3 is 10.2 Å². The van der Waals surface area contributed by atoms with E-state index in [1.54, 1.807) is 34.1 Å². The zero-order valence-corrected chi connectivity index (χ0v) is 16.3. The first-order chi connectivity index (χ1) is 14.1. The first kappa shape index (κ1) is 17.8. The summed E-state index contributed by atoms with van der Waals surface area (Å²) in [5, 5.41) is 3.56. The molecule has 0 aromatic heterocycles. The lowest BCUT2D eigenvalue weighted by molar-refractivity contribution is 0.0560. The van der Waals surface area contributed by atoms with E-state index >= 15 is 0 Å². The standard InChI is InChI=1S/C23H18ClN3O2/c24-17-10-12-18(13-11-17)25-22(29)27-15-14-26-21(28)19-8-4-5-9-20(19)23(26,27)16-6-2-1-3-7-16/h1-13H,14-15H2,(H,25,29). The van der Waals surface area contributed by atoms with E-state index in [2.05, 4.69) is 5.32 Å². The summed E-state index contributed by atoms with van der Waals surface area (Å²) in [4.78, 5) is 30.1. The van der Waals surface area contributed by atoms with Gasteiger partial charge in [0, 0.05) is 40.5 Å². The van der Waals surface area contributed by atoms with Crippen molar-refractivity contribution in [2.24, 2.45) is 0 Å². The van der Waals surface area contributed by atoms with Crippen LogP contribution in [0.5, 0.6) is 0 Å². The Kier molecular flexibility index (Phi) is 4.07. The Morgan fingerprint density at radius 2 is 1.59 bits per heavy atom. The van der Waals surface area contributed by atoms with Crippen molar-refractivity contribution in [1.29, 1.82) is 0 Å². The summed E-state index contributed by atoms with van der Waals surface area (Å²) < 4.78 is 0. The fourth-order valence-electron chi connectivity index (χ4n) is 4.44. The Bertz CT molecular complexity index is 1100. The smallest absolute Gasteiger partial charge is 0.308 e. The summed E-state index contributed by atoms with van der Waals surface area (Å²) in [5.74, 6) is -0.0498. The van der Waals surface area contributed by atoms with Crippen LogP contribution >= 0.6 is 11.6 Å². The van der Waals surface area contributed by atoms with Crippen molar-refractivity contribution < 1.29 is 9.59 Å². The molecule has 1 fully saturated rings. The molecular weight excluding hydrogens is 386 g/mol. The molecule has 3 amide bonds. The summed E-state index contributed by atoms with van der Waals surface area (Å²) in [7, 11) is 0. The molecule has 0 saturated carbocycles. The molecule has 0 aliphatic carbocycles. The molecule has 2 aliphatic rings. The van der Waals surface area contributed by atoms with E-state index in [-0.39, 0.29) is 11.9 Å². The maximum Gasteiger partial charge on any atom is 0.324 e. The fourth-order valence-corrected chi connectivity index (χ4v) is 4.56. The number of hydrogen-bond donors (Lipinski definition) is 1. The SMILES string of the molecule is O=C(Nc1ccc(Cl)cc1)N1CCN2C(=O)c3ccccc3C12c1ccccc1. The van der Waals surface area contributed by atoms with E-state index in [9.17, 15) is 9.59 Å². The van der Waals surface area contributed by atoms with Crippen LogP contribution in [0.15, 0.2) is 78.9 Å². The van der Waals surface area contributed by atoms with E-state index in [0.29, 0.717) is 29.4 Å². The van der Waals surface area contributed by atoms with Crippen molar-refractivity contribution in [3.8, 4) is 0 Å². The van der Waals surface area contributed by atoms with Crippen LogP contribution in [-0.4, -0.2) is 34.8 Å². The third-order valence-electron chi connectivity index (χ3n) is 5.62. The second-order valence-corrected chi connectivity index (χ2v) is 7.57. The van der Waals surface area contributed by atoms with Gasteiger partial charge in [-0.1, -0.05) is 60.1 Å². The highest BCUT2D eigenvalue weighted by atomic mass is 35.5. The van der Waals surface area contributed by atoms with Crippen molar-refractivity contribution in [3.63, 3.8) is 0 Å². The predicted octanol–water partition coefficient (Wildman–Crippen LogP) is 4.54. The molecule has 5 rings (SSSR count). The summed E-state index contributed by atoms with van der Waals surface area (Å²) >= 11 is 5.96. The third kappa shape index (κ3) is 2.54. The average molecular weight is 404 g/mol. The average Bonchev–Trinajstić information content (AvgIpc) is 3.27. The van der Waals surface area contributed by atoms with Crippen LogP contribution < -0.4 is 5.32 Å². The highest BCUT2D eigenvalue weighted by Gasteiger charge is 2.59. The number of nitrogens with one attached hydrogen (secondary N) is 1. The molecule has 144 valence electrons. The van der Waals surface area contributed by atoms with Gasteiger partial charge >= 0.3 is 6.03 Å². The molecule has 1 N–H and O–H groups in total. The second-order valence-electron chi connectivity index (χ2n) is 7.13. The van der Waals surface area contributed by atoms with Crippen molar-refractivity contribution in [3.05, 3.63) is 101 Å². The number of halogens is 1. The minimum Gasteiger partial charge on any atom is -0.308 e. The molecule has 3 aromatic carbocycles. The van der Waals surface area contributed by atoms with Gasteiger partial charge in [-0.2, -0.15) is 0 Å². The number of carbonyl (C=O) groups excluding carboxylic acids is 2. The van der Waals surface area contributed by atoms with Gasteiger partial charge in [-0.05, 0) is 30.3 Å². The van der Waals surface area contributed by atoms with Gasteiger partial charge in [0.25, 0.3) is 5.91 Å². The van der Waals surface area contributed by atoms with Gasteiger partial charge in [0.2, 0.25) is 0 Å². The van der Waals surface area contributed by atoms with Gasteiger partial charge in [0.1, 0.15) is 0 Å². The van der Waals surface area contributed by atoms with E-state index in [4.69, 9.17) is 11.6 Å².